The lowest BCUT2D eigenvalue weighted by atomic mass is 10.2. The first-order valence-electron chi connectivity index (χ1n) is 7.13. The molecule has 0 bridgehead atoms. The smallest absolute Gasteiger partial charge is 0.254 e. The van der Waals surface area contributed by atoms with E-state index in [9.17, 15) is 4.79 Å². The summed E-state index contributed by atoms with van der Waals surface area (Å²) in [5, 5.41) is 2.85. The summed E-state index contributed by atoms with van der Waals surface area (Å²) >= 11 is 23.8. The highest BCUT2D eigenvalue weighted by atomic mass is 35.6. The van der Waals surface area contributed by atoms with Crippen molar-refractivity contribution >= 4 is 58.3 Å². The molecule has 0 aliphatic heterocycles. The zero-order chi connectivity index (χ0) is 18.6. The Morgan fingerprint density at radius 1 is 1.12 bits per heavy atom. The number of alkyl halides is 3. The van der Waals surface area contributed by atoms with Crippen molar-refractivity contribution < 1.29 is 4.79 Å². The summed E-state index contributed by atoms with van der Waals surface area (Å²) in [7, 11) is 0. The van der Waals surface area contributed by atoms with E-state index in [1.807, 2.05) is 19.9 Å². The van der Waals surface area contributed by atoms with Crippen LogP contribution in [-0.2, 0) is 0 Å². The molecule has 0 aliphatic rings. The second-order valence-corrected chi connectivity index (χ2v) is 7.95. The number of aryl methyl sites for hydroxylation is 2. The molecule has 1 amide bonds. The molecule has 3 N–H and O–H groups in total. The van der Waals surface area contributed by atoms with Crippen LogP contribution in [0.25, 0.3) is 0 Å². The lowest BCUT2D eigenvalue weighted by molar-refractivity contribution is 0.0931. The third-order valence-electron chi connectivity index (χ3n) is 3.03. The van der Waals surface area contributed by atoms with Crippen molar-refractivity contribution in [2.24, 2.45) is 0 Å². The number of carbonyl (C=O) groups is 1. The van der Waals surface area contributed by atoms with E-state index in [1.54, 1.807) is 24.3 Å². The number of anilines is 1. The number of aromatic nitrogens is 2. The van der Waals surface area contributed by atoms with Crippen molar-refractivity contribution in [3.05, 3.63) is 52.3 Å². The molecule has 1 atom stereocenters. The second kappa shape index (κ2) is 8.38. The molecule has 1 heterocycles. The number of hydrazine groups is 1. The van der Waals surface area contributed by atoms with Gasteiger partial charge in [0.25, 0.3) is 5.91 Å². The SMILES string of the molecule is Cc1cc(C)nc(NNC(NC(=O)c2ccccc2Cl)C(Cl)(Cl)Cl)n1. The molecule has 0 spiro atoms. The minimum absolute atomic E-state index is 0.257. The maximum Gasteiger partial charge on any atom is 0.254 e. The Hall–Kier alpha value is -1.31. The van der Waals surface area contributed by atoms with Crippen LogP contribution in [0, 0.1) is 13.8 Å². The topological polar surface area (TPSA) is 78.9 Å². The number of rotatable bonds is 5. The fourth-order valence-corrected chi connectivity index (χ4v) is 2.52. The summed E-state index contributed by atoms with van der Waals surface area (Å²) < 4.78 is -1.84. The third kappa shape index (κ3) is 5.87. The minimum atomic E-state index is -1.84. The summed E-state index contributed by atoms with van der Waals surface area (Å²) in [6.07, 6.45) is -1.08. The first-order valence-corrected chi connectivity index (χ1v) is 8.64. The van der Waals surface area contributed by atoms with Gasteiger partial charge in [0.15, 0.2) is 0 Å². The number of hydrogen-bond donors (Lipinski definition) is 3. The number of amides is 1. The van der Waals surface area contributed by atoms with Crippen LogP contribution in [-0.4, -0.2) is 25.8 Å². The maximum absolute atomic E-state index is 12.4. The van der Waals surface area contributed by atoms with Crippen molar-refractivity contribution in [1.29, 1.82) is 0 Å². The van der Waals surface area contributed by atoms with Gasteiger partial charge in [0.2, 0.25) is 9.74 Å². The lowest BCUT2D eigenvalue weighted by Gasteiger charge is -2.27. The zero-order valence-electron chi connectivity index (χ0n) is 13.3. The molecule has 6 nitrogen and oxygen atoms in total. The number of nitrogens with one attached hydrogen (secondary N) is 3. The number of benzene rings is 1. The molecular weight excluding hydrogens is 408 g/mol. The van der Waals surface area contributed by atoms with Gasteiger partial charge in [-0.05, 0) is 32.0 Å². The van der Waals surface area contributed by atoms with Gasteiger partial charge in [-0.1, -0.05) is 58.5 Å². The van der Waals surface area contributed by atoms with Crippen molar-refractivity contribution in [3.63, 3.8) is 0 Å². The number of halogens is 4. The normalized spacial score (nSPS) is 12.6. The van der Waals surface area contributed by atoms with Crippen LogP contribution in [0.1, 0.15) is 21.7 Å². The Morgan fingerprint density at radius 2 is 1.72 bits per heavy atom. The van der Waals surface area contributed by atoms with Crippen LogP contribution >= 0.6 is 46.4 Å². The lowest BCUT2D eigenvalue weighted by Crippen LogP contribution is -2.55. The number of nitrogens with zero attached hydrogens (tertiary/aromatic N) is 2. The molecule has 0 saturated heterocycles. The molecule has 0 fully saturated rings. The summed E-state index contributed by atoms with van der Waals surface area (Å²) in [5.41, 5.74) is 7.23. The summed E-state index contributed by atoms with van der Waals surface area (Å²) in [6.45, 7) is 3.65. The van der Waals surface area contributed by atoms with E-state index in [0.717, 1.165) is 11.4 Å². The number of hydrogen-bond acceptors (Lipinski definition) is 5. The molecular formula is C15H15Cl4N5O. The van der Waals surface area contributed by atoms with Crippen LogP contribution in [0.2, 0.25) is 5.02 Å². The Morgan fingerprint density at radius 3 is 2.28 bits per heavy atom. The number of carbonyl (C=O) groups excluding carboxylic acids is 1. The van der Waals surface area contributed by atoms with E-state index in [4.69, 9.17) is 46.4 Å². The van der Waals surface area contributed by atoms with Crippen molar-refractivity contribution in [1.82, 2.24) is 20.7 Å². The van der Waals surface area contributed by atoms with E-state index in [0.29, 0.717) is 0 Å². The maximum atomic E-state index is 12.4. The predicted molar refractivity (Wildman–Crippen MR) is 101 cm³/mol. The zero-order valence-corrected chi connectivity index (χ0v) is 16.3. The minimum Gasteiger partial charge on any atom is -0.331 e. The van der Waals surface area contributed by atoms with E-state index < -0.39 is 15.9 Å². The molecule has 134 valence electrons. The van der Waals surface area contributed by atoms with Crippen molar-refractivity contribution in [2.75, 3.05) is 5.43 Å². The molecule has 1 aromatic heterocycles. The largest absolute Gasteiger partial charge is 0.331 e. The molecule has 10 heteroatoms. The highest BCUT2D eigenvalue weighted by Crippen LogP contribution is 2.29. The molecule has 0 saturated carbocycles. The van der Waals surface area contributed by atoms with Gasteiger partial charge in [0, 0.05) is 11.4 Å². The average molecular weight is 423 g/mol. The standard InChI is InChI=1S/C15H15Cl4N5O/c1-8-7-9(2)21-14(20-8)24-23-13(15(17,18)19)22-12(25)10-5-3-4-6-11(10)16/h3-7,13,23H,1-2H3,(H,22,25)(H,20,21,24). The highest BCUT2D eigenvalue weighted by molar-refractivity contribution is 6.68. The van der Waals surface area contributed by atoms with Crippen LogP contribution in [0.5, 0.6) is 0 Å². The van der Waals surface area contributed by atoms with Crippen LogP contribution in [0.3, 0.4) is 0 Å². The van der Waals surface area contributed by atoms with Crippen LogP contribution in [0.15, 0.2) is 30.3 Å². The highest BCUT2D eigenvalue weighted by Gasteiger charge is 2.34. The second-order valence-electron chi connectivity index (χ2n) is 5.17. The van der Waals surface area contributed by atoms with Gasteiger partial charge < -0.3 is 5.32 Å². The predicted octanol–water partition coefficient (Wildman–Crippen LogP) is 3.79. The van der Waals surface area contributed by atoms with Gasteiger partial charge >= 0.3 is 0 Å². The third-order valence-corrected chi connectivity index (χ3v) is 4.02. The summed E-state index contributed by atoms with van der Waals surface area (Å²) in [6, 6.07) is 8.36. The van der Waals surface area contributed by atoms with Gasteiger partial charge in [0.1, 0.15) is 6.17 Å². The Labute approximate surface area is 165 Å². The average Bonchev–Trinajstić information content (AvgIpc) is 2.49. The molecule has 1 aromatic carbocycles. The molecule has 0 radical (unpaired) electrons. The van der Waals surface area contributed by atoms with Gasteiger partial charge in [-0.25, -0.2) is 15.4 Å². The molecule has 25 heavy (non-hydrogen) atoms. The van der Waals surface area contributed by atoms with Gasteiger partial charge in [-0.2, -0.15) is 0 Å². The van der Waals surface area contributed by atoms with Crippen LogP contribution in [0.4, 0.5) is 5.95 Å². The Kier molecular flexibility index (Phi) is 6.71. The first kappa shape index (κ1) is 20.0. The molecule has 2 aromatic rings. The fraction of sp³-hybridized carbons (Fsp3) is 0.267. The summed E-state index contributed by atoms with van der Waals surface area (Å²) in [5.74, 6) is -0.221. The molecule has 0 aliphatic carbocycles. The van der Waals surface area contributed by atoms with Gasteiger partial charge in [0.05, 0.1) is 10.6 Å². The van der Waals surface area contributed by atoms with E-state index in [2.05, 4.69) is 26.1 Å². The molecule has 1 unspecified atom stereocenters. The quantitative estimate of drug-likeness (QED) is 0.388. The van der Waals surface area contributed by atoms with Crippen molar-refractivity contribution in [2.45, 2.75) is 23.8 Å². The van der Waals surface area contributed by atoms with Gasteiger partial charge in [-0.15, -0.1) is 0 Å². The van der Waals surface area contributed by atoms with Crippen molar-refractivity contribution in [3.8, 4) is 0 Å². The fourth-order valence-electron chi connectivity index (χ4n) is 1.97. The Bertz CT molecular complexity index is 746. The van der Waals surface area contributed by atoms with E-state index >= 15 is 0 Å². The monoisotopic (exact) mass is 421 g/mol. The van der Waals surface area contributed by atoms with E-state index in [1.165, 1.54) is 0 Å². The summed E-state index contributed by atoms with van der Waals surface area (Å²) in [4.78, 5) is 20.8. The van der Waals surface area contributed by atoms with E-state index in [-0.39, 0.29) is 16.5 Å². The van der Waals surface area contributed by atoms with Gasteiger partial charge in [-0.3, -0.25) is 10.2 Å². The first-order chi connectivity index (χ1) is 11.7. The molecule has 2 rings (SSSR count). The van der Waals surface area contributed by atoms with Crippen LogP contribution < -0.4 is 16.2 Å². The Balaban J connectivity index is 2.11.